The summed E-state index contributed by atoms with van der Waals surface area (Å²) in [6.45, 7) is 20.1. The number of rotatable bonds is 22. The quantitative estimate of drug-likeness (QED) is 0.0891. The molecule has 586 valence electrons. The summed E-state index contributed by atoms with van der Waals surface area (Å²) in [4.78, 5) is 203. The number of nitrogens with one attached hydrogen (secondary N) is 6. The van der Waals surface area contributed by atoms with Crippen molar-refractivity contribution in [3.05, 3.63) is 71.8 Å². The molecule has 4 rings (SSSR count). The molecule has 13 amide bonds. The summed E-state index contributed by atoms with van der Waals surface area (Å²) in [6, 6.07) is 3.42. The van der Waals surface area contributed by atoms with Crippen molar-refractivity contribution in [2.45, 2.75) is 227 Å². The van der Waals surface area contributed by atoms with E-state index in [4.69, 9.17) is 4.74 Å². The number of piperidine rings is 1. The summed E-state index contributed by atoms with van der Waals surface area (Å²) in [7, 11) is 8.33. The average molecular weight is 1470 g/mol. The van der Waals surface area contributed by atoms with Gasteiger partial charge in [0.25, 0.3) is 0 Å². The summed E-state index contributed by atoms with van der Waals surface area (Å²) in [5.74, 6) is -11.0. The van der Waals surface area contributed by atoms with E-state index in [0.717, 1.165) is 21.1 Å². The molecule has 0 aromatic heterocycles. The number of carbonyl (C=O) groups excluding carboxylic acids is 13. The molecule has 2 fully saturated rings. The molecule has 2 saturated heterocycles. The zero-order chi connectivity index (χ0) is 78.7. The first-order valence-electron chi connectivity index (χ1n) is 37.4. The van der Waals surface area contributed by atoms with E-state index in [-0.39, 0.29) is 81.1 Å². The van der Waals surface area contributed by atoms with Crippen LogP contribution in [0.5, 0.6) is 0 Å². The first kappa shape index (κ1) is 88.9. The minimum absolute atomic E-state index is 0.0194. The first-order valence-corrected chi connectivity index (χ1v) is 37.4. The molecule has 0 aliphatic carbocycles. The molecule has 2 heterocycles. The molecule has 2 aromatic rings. The fraction of sp³-hybridized carbons (Fsp3) is 0.675. The number of amides is 13. The number of carbonyl (C=O) groups is 13. The molecular formula is C77H123N13O15. The van der Waals surface area contributed by atoms with E-state index in [9.17, 15) is 33.9 Å². The van der Waals surface area contributed by atoms with Crippen molar-refractivity contribution in [1.29, 1.82) is 0 Å². The van der Waals surface area contributed by atoms with Crippen LogP contribution < -0.4 is 31.9 Å². The van der Waals surface area contributed by atoms with Crippen molar-refractivity contribution < 1.29 is 72.2 Å². The average Bonchev–Trinajstić information content (AvgIpc) is 0.808. The number of hydrogen-bond acceptors (Lipinski definition) is 15. The molecule has 105 heavy (non-hydrogen) atoms. The number of hydrogen-bond donors (Lipinski definition) is 7. The van der Waals surface area contributed by atoms with Gasteiger partial charge >= 0.3 is 0 Å². The largest absolute Gasteiger partial charge is 0.391 e. The number of nitrogens with zero attached hydrogens (tertiary/aromatic N) is 7. The van der Waals surface area contributed by atoms with E-state index in [2.05, 4.69) is 31.9 Å². The molecule has 0 spiro atoms. The van der Waals surface area contributed by atoms with Crippen molar-refractivity contribution in [1.82, 2.24) is 66.2 Å². The van der Waals surface area contributed by atoms with Gasteiger partial charge < -0.3 is 76.0 Å². The van der Waals surface area contributed by atoms with Crippen molar-refractivity contribution in [2.75, 3.05) is 81.7 Å². The Bertz CT molecular complexity index is 3220. The lowest BCUT2D eigenvalue weighted by Crippen LogP contribution is -2.62. The molecule has 2 aromatic carbocycles. The van der Waals surface area contributed by atoms with E-state index in [1.54, 1.807) is 86.3 Å². The van der Waals surface area contributed by atoms with Crippen molar-refractivity contribution in [2.24, 2.45) is 29.6 Å². The molecule has 11 atom stereocenters. The van der Waals surface area contributed by atoms with Crippen LogP contribution in [-0.2, 0) is 79.9 Å². The molecule has 7 N–H and O–H groups in total. The van der Waals surface area contributed by atoms with Gasteiger partial charge in [-0.1, -0.05) is 137 Å². The van der Waals surface area contributed by atoms with Gasteiger partial charge in [0.2, 0.25) is 76.8 Å². The Morgan fingerprint density at radius 1 is 0.495 bits per heavy atom. The smallest absolute Gasteiger partial charge is 0.248 e. The van der Waals surface area contributed by atoms with Crippen LogP contribution in [0.4, 0.5) is 0 Å². The highest BCUT2D eigenvalue weighted by Gasteiger charge is 2.44. The van der Waals surface area contributed by atoms with Crippen molar-refractivity contribution >= 4 is 76.8 Å². The Kier molecular flexibility index (Phi) is 36.5. The Labute approximate surface area is 622 Å². The highest BCUT2D eigenvalue weighted by molar-refractivity contribution is 6.00. The van der Waals surface area contributed by atoms with Gasteiger partial charge in [-0.3, -0.25) is 62.3 Å². The van der Waals surface area contributed by atoms with Gasteiger partial charge in [0, 0.05) is 74.8 Å². The van der Waals surface area contributed by atoms with Crippen molar-refractivity contribution in [3.63, 3.8) is 0 Å². The van der Waals surface area contributed by atoms with Gasteiger partial charge in [-0.25, -0.2) is 0 Å². The van der Waals surface area contributed by atoms with Gasteiger partial charge in [-0.15, -0.1) is 0 Å². The van der Waals surface area contributed by atoms with Crippen LogP contribution >= 0.6 is 0 Å². The molecular weight excluding hydrogens is 1350 g/mol. The molecule has 0 radical (unpaired) electrons. The van der Waals surface area contributed by atoms with Crippen LogP contribution in [0.2, 0.25) is 0 Å². The van der Waals surface area contributed by atoms with Crippen LogP contribution in [0.3, 0.4) is 0 Å². The standard InChI is InChI=1S/C77H123N13O15/c1-19-33-90-44-66(94)84(14)59(38-49(6)7)68(95)80-56(37-48(4)5)73(100)88(18)63(42-54-31-25-21-26-32-54)76(103)87(17)60(39-50(8)9)69(96)81-57(75(102)89-34-27-22-28-35-89)43-64(92)79-55(36-47(2)3)72(99)86(16)62(41-53-29-23-20-24-30-53)70(97)82-58(45-105-46-65(93)78-13)74(101)85(15)61(40-51(10)11)71(98)83-67(52(12)91)77(90)104/h20-21,23-26,29-32,47-52,55-63,67,91H,19,22,27-28,33-46H2,1-18H3,(H,78,93)(H,79,92)(H,80,95)(H,81,96)(H,82,97)(H,83,98)/t52-,55-,56+,57+,58+,59+,60+,61+,62+,63+,67+/m1/s1. The minimum atomic E-state index is -1.71. The third-order valence-electron chi connectivity index (χ3n) is 19.2. The predicted molar refractivity (Wildman–Crippen MR) is 398 cm³/mol. The lowest BCUT2D eigenvalue weighted by Gasteiger charge is -2.38. The third kappa shape index (κ3) is 27.4. The van der Waals surface area contributed by atoms with Crippen LogP contribution in [0.1, 0.15) is 158 Å². The molecule has 2 aliphatic rings. The maximum absolute atomic E-state index is 15.6. The summed E-state index contributed by atoms with van der Waals surface area (Å²) in [5, 5.41) is 27.9. The van der Waals surface area contributed by atoms with Crippen LogP contribution in [0.15, 0.2) is 60.7 Å². The SMILES string of the molecule is CCCN1CC(=O)N(C)[C@@H](CC(C)C)C(=O)N[C@@H](CC(C)C)C(=O)N(C)[C@@H](Cc2ccccc2)C(=O)N(C)[C@@H](CC(C)C)C(=O)N[C@H](C(=O)N2CCCCC2)CC(=O)N[C@H](CC(C)C)C(=O)N(C)[C@@H](Cc2ccccc2)C(=O)N[C@@H](COCC(=O)NC)C(=O)N(C)[C@@H](CC(C)C)C(=O)N[C@@H]([C@@H](C)O)C1=O. The lowest BCUT2D eigenvalue weighted by molar-refractivity contribution is -0.150. The zero-order valence-electron chi connectivity index (χ0n) is 65.5. The third-order valence-corrected chi connectivity index (χ3v) is 19.2. The van der Waals surface area contributed by atoms with E-state index in [1.165, 1.54) is 63.9 Å². The van der Waals surface area contributed by atoms with Crippen molar-refractivity contribution in [3.8, 4) is 0 Å². The van der Waals surface area contributed by atoms with E-state index in [0.29, 0.717) is 43.5 Å². The lowest BCUT2D eigenvalue weighted by atomic mass is 9.96. The number of ether oxygens (including phenoxy) is 1. The number of benzene rings is 2. The number of aliphatic hydroxyl groups is 1. The maximum atomic E-state index is 15.6. The van der Waals surface area contributed by atoms with Crippen LogP contribution in [0.25, 0.3) is 0 Å². The number of aliphatic hydroxyl groups excluding tert-OH is 1. The number of likely N-dealkylation sites (N-methyl/N-ethyl adjacent to an activating group) is 6. The predicted octanol–water partition coefficient (Wildman–Crippen LogP) is 3.06. The molecule has 0 unspecified atom stereocenters. The highest BCUT2D eigenvalue weighted by atomic mass is 16.5. The number of likely N-dealkylation sites (tertiary alicyclic amines) is 1. The van der Waals surface area contributed by atoms with Gasteiger partial charge in [0.1, 0.15) is 67.0 Å². The van der Waals surface area contributed by atoms with Crippen LogP contribution in [-0.4, -0.2) is 264 Å². The van der Waals surface area contributed by atoms with Gasteiger partial charge in [0.15, 0.2) is 0 Å². The van der Waals surface area contributed by atoms with Gasteiger partial charge in [0.05, 0.1) is 25.7 Å². The molecule has 0 saturated carbocycles. The summed E-state index contributed by atoms with van der Waals surface area (Å²) < 4.78 is 5.75. The summed E-state index contributed by atoms with van der Waals surface area (Å²) in [5.41, 5.74) is 1.24. The summed E-state index contributed by atoms with van der Waals surface area (Å²) in [6.07, 6.45) is 0.224. The molecule has 28 heteroatoms. The van der Waals surface area contributed by atoms with E-state index < -0.39 is 169 Å². The monoisotopic (exact) mass is 1470 g/mol. The van der Waals surface area contributed by atoms with E-state index >= 15 is 33.6 Å². The fourth-order valence-corrected chi connectivity index (χ4v) is 13.2. The molecule has 28 nitrogen and oxygen atoms in total. The minimum Gasteiger partial charge on any atom is -0.391 e. The second kappa shape index (κ2) is 43.2. The zero-order valence-corrected chi connectivity index (χ0v) is 65.5. The fourth-order valence-electron chi connectivity index (χ4n) is 13.2. The Hall–Kier alpha value is -8.53. The maximum Gasteiger partial charge on any atom is 0.248 e. The second-order valence-electron chi connectivity index (χ2n) is 30.5. The first-order chi connectivity index (χ1) is 49.4. The molecule has 2 aliphatic heterocycles. The highest BCUT2D eigenvalue weighted by Crippen LogP contribution is 2.24. The Morgan fingerprint density at radius 2 is 0.905 bits per heavy atom. The normalized spacial score (nSPS) is 24.3. The topological polar surface area (TPSA) is 346 Å². The van der Waals surface area contributed by atoms with Gasteiger partial charge in [-0.05, 0) is 105 Å². The summed E-state index contributed by atoms with van der Waals surface area (Å²) >= 11 is 0. The molecule has 0 bridgehead atoms. The Balaban J connectivity index is 2.03. The van der Waals surface area contributed by atoms with E-state index in [1.807, 2.05) is 55.4 Å². The second-order valence-corrected chi connectivity index (χ2v) is 30.5. The van der Waals surface area contributed by atoms with Gasteiger partial charge in [-0.2, -0.15) is 0 Å². The Morgan fingerprint density at radius 3 is 1.38 bits per heavy atom. The van der Waals surface area contributed by atoms with Crippen LogP contribution in [0, 0.1) is 29.6 Å².